The maximum Gasteiger partial charge on any atom is 0.319 e. The predicted octanol–water partition coefficient (Wildman–Crippen LogP) is 3.04. The van der Waals surface area contributed by atoms with Crippen LogP contribution in [0.1, 0.15) is 27.7 Å². The summed E-state index contributed by atoms with van der Waals surface area (Å²) in [6.45, 7) is 5.50. The van der Waals surface area contributed by atoms with E-state index in [1.165, 1.54) is 27.7 Å². The fraction of sp³-hybridized carbons (Fsp3) is 0.875. The Balaban J connectivity index is 5.54. The van der Waals surface area contributed by atoms with E-state index >= 15 is 0 Å². The number of sulfonamides is 1. The molecule has 0 atom stereocenters. The summed E-state index contributed by atoms with van der Waals surface area (Å²) >= 11 is 10.4. The van der Waals surface area contributed by atoms with Gasteiger partial charge in [0.1, 0.15) is 5.54 Å². The minimum absolute atomic E-state index is 0.0557. The molecule has 0 fully saturated rings. The molecule has 0 heterocycles. The number of rotatable bonds is 5. The second kappa shape index (κ2) is 5.49. The molecule has 17 heavy (non-hydrogen) atoms. The predicted molar refractivity (Wildman–Crippen MR) is 68.7 cm³/mol. The molecule has 100 valence electrons. The van der Waals surface area contributed by atoms with E-state index in [-0.39, 0.29) is 11.9 Å². The molecule has 9 heteroatoms. The van der Waals surface area contributed by atoms with Crippen LogP contribution >= 0.6 is 35.1 Å². The Kier molecular flexibility index (Phi) is 5.57. The number of nitrogens with zero attached hydrogens (tertiary/aromatic N) is 2. The third-order valence-corrected chi connectivity index (χ3v) is 5.94. The summed E-state index contributed by atoms with van der Waals surface area (Å²) in [5, 5.41) is 8.11. The van der Waals surface area contributed by atoms with Crippen LogP contribution in [0.25, 0.3) is 0 Å². The van der Waals surface area contributed by atoms with Crippen LogP contribution in [0.4, 0.5) is 4.39 Å². The molecule has 0 saturated carbocycles. The molecule has 0 aliphatic rings. The van der Waals surface area contributed by atoms with Gasteiger partial charge in [0, 0.05) is 11.9 Å². The third kappa shape index (κ3) is 4.79. The van der Waals surface area contributed by atoms with E-state index in [2.05, 4.69) is 0 Å². The lowest BCUT2D eigenvalue weighted by molar-refractivity contribution is 0.413. The summed E-state index contributed by atoms with van der Waals surface area (Å²) in [6, 6.07) is 1.77. The average Bonchev–Trinajstić information content (AvgIpc) is 2.12. The smallest absolute Gasteiger partial charge is 0.211 e. The quantitative estimate of drug-likeness (QED) is 0.576. The fourth-order valence-electron chi connectivity index (χ4n) is 0.810. The third-order valence-electron chi connectivity index (χ3n) is 1.74. The van der Waals surface area contributed by atoms with Gasteiger partial charge in [0.2, 0.25) is 10.0 Å². The second-order valence-electron chi connectivity index (χ2n) is 4.03. The minimum atomic E-state index is -3.88. The van der Waals surface area contributed by atoms with Gasteiger partial charge in [-0.2, -0.15) is 9.65 Å². The molecule has 4 nitrogen and oxygen atoms in total. The van der Waals surface area contributed by atoms with E-state index in [9.17, 15) is 12.8 Å². The molecule has 0 aromatic carbocycles. The van der Waals surface area contributed by atoms with E-state index in [0.717, 1.165) is 0 Å². The van der Waals surface area contributed by atoms with E-state index in [4.69, 9.17) is 28.5 Å². The second-order valence-corrected chi connectivity index (χ2v) is 9.39. The van der Waals surface area contributed by atoms with Crippen molar-refractivity contribution in [1.82, 2.24) is 3.71 Å². The Hall–Kier alpha value is 0.260. The average molecular weight is 323 g/mol. The first-order chi connectivity index (χ1) is 7.34. The summed E-state index contributed by atoms with van der Waals surface area (Å²) in [5.41, 5.74) is -1.46. The van der Waals surface area contributed by atoms with E-state index in [0.29, 0.717) is 3.71 Å². The number of halogens is 3. The molecule has 0 aromatic rings. The zero-order valence-electron chi connectivity index (χ0n) is 9.74. The molecule has 0 bridgehead atoms. The Morgan fingerprint density at radius 1 is 1.41 bits per heavy atom. The molecule has 0 radical (unpaired) electrons. The summed E-state index contributed by atoms with van der Waals surface area (Å²) in [7, 11) is -3.88. The molecule has 0 amide bonds. The van der Waals surface area contributed by atoms with Gasteiger partial charge in [-0.05, 0) is 27.7 Å². The maximum atomic E-state index is 13.2. The largest absolute Gasteiger partial charge is 0.319 e. The van der Waals surface area contributed by atoms with Crippen molar-refractivity contribution in [3.8, 4) is 6.07 Å². The lowest BCUT2D eigenvalue weighted by Gasteiger charge is -2.33. The van der Waals surface area contributed by atoms with E-state index < -0.39 is 24.7 Å². The number of hydrogen-bond donors (Lipinski definition) is 0. The Morgan fingerprint density at radius 2 is 1.82 bits per heavy atom. The first kappa shape index (κ1) is 17.3. The van der Waals surface area contributed by atoms with Crippen molar-refractivity contribution >= 4 is 45.2 Å². The van der Waals surface area contributed by atoms with Crippen molar-refractivity contribution in [3.05, 3.63) is 0 Å². The standard InChI is InChI=1S/C8H13Cl2FN2O2S2/c1-6(2)17(14,15)13(7(3,4)5-12)16-8(9,10)11/h6H,1-4H3. The molecule has 0 unspecified atom stereocenters. The van der Waals surface area contributed by atoms with E-state index in [1.807, 2.05) is 0 Å². The highest BCUT2D eigenvalue weighted by atomic mass is 35.5. The van der Waals surface area contributed by atoms with Crippen LogP contribution in [-0.4, -0.2) is 26.8 Å². The van der Waals surface area contributed by atoms with Crippen molar-refractivity contribution in [2.45, 2.75) is 42.4 Å². The number of alkyl halides is 3. The zero-order valence-corrected chi connectivity index (χ0v) is 12.9. The topological polar surface area (TPSA) is 61.2 Å². The molecule has 0 aliphatic carbocycles. The van der Waals surface area contributed by atoms with Crippen LogP contribution in [0, 0.1) is 11.3 Å². The SMILES string of the molecule is CC(C)S(=O)(=O)N(SC(F)(Cl)Cl)C(C)(C)C#N. The first-order valence-electron chi connectivity index (χ1n) is 4.56. The zero-order chi connectivity index (χ0) is 14.1. The van der Waals surface area contributed by atoms with Crippen LogP contribution in [0.3, 0.4) is 0 Å². The number of hydrogen-bond acceptors (Lipinski definition) is 4. The van der Waals surface area contributed by atoms with E-state index in [1.54, 1.807) is 6.07 Å². The number of nitriles is 1. The highest BCUT2D eigenvalue weighted by Gasteiger charge is 2.44. The summed E-state index contributed by atoms with van der Waals surface area (Å²) in [6.07, 6.45) is 0. The minimum Gasteiger partial charge on any atom is -0.211 e. The summed E-state index contributed by atoms with van der Waals surface area (Å²) < 4.78 is 34.9. The summed E-state index contributed by atoms with van der Waals surface area (Å²) in [5.74, 6) is 0. The van der Waals surface area contributed by atoms with Crippen molar-refractivity contribution in [3.63, 3.8) is 0 Å². The van der Waals surface area contributed by atoms with Gasteiger partial charge in [-0.15, -0.1) is 3.71 Å². The van der Waals surface area contributed by atoms with Crippen LogP contribution in [-0.2, 0) is 10.0 Å². The normalized spacial score (nSPS) is 14.1. The van der Waals surface area contributed by atoms with Gasteiger partial charge in [0.25, 0.3) is 0 Å². The van der Waals surface area contributed by atoms with Crippen LogP contribution in [0.5, 0.6) is 0 Å². The highest BCUT2D eigenvalue weighted by molar-refractivity contribution is 8.10. The Morgan fingerprint density at radius 3 is 2.06 bits per heavy atom. The molecule has 0 rings (SSSR count). The molecular weight excluding hydrogens is 310 g/mol. The van der Waals surface area contributed by atoms with Gasteiger partial charge in [0.05, 0.1) is 11.3 Å². The van der Waals surface area contributed by atoms with Gasteiger partial charge in [-0.25, -0.2) is 8.42 Å². The van der Waals surface area contributed by atoms with Crippen molar-refractivity contribution in [1.29, 1.82) is 5.26 Å². The van der Waals surface area contributed by atoms with Crippen molar-refractivity contribution < 1.29 is 12.8 Å². The maximum absolute atomic E-state index is 13.2. The fourth-order valence-corrected chi connectivity index (χ4v) is 4.23. The Bertz CT molecular complexity index is 412. The molecule has 0 saturated heterocycles. The van der Waals surface area contributed by atoms with Gasteiger partial charge >= 0.3 is 3.92 Å². The van der Waals surface area contributed by atoms with Crippen LogP contribution < -0.4 is 0 Å². The lowest BCUT2D eigenvalue weighted by Crippen LogP contribution is -2.46. The monoisotopic (exact) mass is 322 g/mol. The molecule has 0 aromatic heterocycles. The molecule has 0 N–H and O–H groups in total. The summed E-state index contributed by atoms with van der Waals surface area (Å²) in [4.78, 5) is 0. The van der Waals surface area contributed by atoms with Crippen molar-refractivity contribution in [2.24, 2.45) is 0 Å². The van der Waals surface area contributed by atoms with Gasteiger partial charge in [-0.3, -0.25) is 0 Å². The Labute approximate surface area is 115 Å². The van der Waals surface area contributed by atoms with Crippen LogP contribution in [0.15, 0.2) is 0 Å². The molecular formula is C8H13Cl2FN2O2S2. The van der Waals surface area contributed by atoms with Gasteiger partial charge in [-0.1, -0.05) is 23.2 Å². The van der Waals surface area contributed by atoms with Gasteiger partial charge < -0.3 is 0 Å². The van der Waals surface area contributed by atoms with Crippen LogP contribution in [0.2, 0.25) is 0 Å². The van der Waals surface area contributed by atoms with Gasteiger partial charge in [0.15, 0.2) is 0 Å². The lowest BCUT2D eigenvalue weighted by atomic mass is 10.1. The first-order valence-corrected chi connectivity index (χ1v) is 7.59. The molecule has 0 aliphatic heterocycles. The molecule has 0 spiro atoms. The highest BCUT2D eigenvalue weighted by Crippen LogP contribution is 2.43. The van der Waals surface area contributed by atoms with Crippen molar-refractivity contribution in [2.75, 3.05) is 0 Å².